The van der Waals surface area contributed by atoms with Crippen molar-refractivity contribution in [3.05, 3.63) is 24.3 Å². The van der Waals surface area contributed by atoms with Gasteiger partial charge in [0.2, 0.25) is 0 Å². The zero-order valence-electron chi connectivity index (χ0n) is 13.6. The lowest BCUT2D eigenvalue weighted by atomic mass is 9.69. The predicted octanol–water partition coefficient (Wildman–Crippen LogP) is 2.74. The van der Waals surface area contributed by atoms with Crippen molar-refractivity contribution in [2.45, 2.75) is 26.2 Å². The van der Waals surface area contributed by atoms with Crippen LogP contribution >= 0.6 is 0 Å². The summed E-state index contributed by atoms with van der Waals surface area (Å²) in [5.74, 6) is 3.78. The highest BCUT2D eigenvalue weighted by atomic mass is 16.6. The van der Waals surface area contributed by atoms with Crippen LogP contribution in [0.25, 0.3) is 0 Å². The lowest BCUT2D eigenvalue weighted by Crippen LogP contribution is -2.35. The second-order valence-corrected chi connectivity index (χ2v) is 7.69. The van der Waals surface area contributed by atoms with E-state index in [1.165, 1.54) is 12.8 Å². The van der Waals surface area contributed by atoms with Crippen LogP contribution in [0.2, 0.25) is 0 Å². The summed E-state index contributed by atoms with van der Waals surface area (Å²) >= 11 is 0. The first-order valence-electron chi connectivity index (χ1n) is 8.74. The third-order valence-corrected chi connectivity index (χ3v) is 6.48. The topological polar surface area (TPSA) is 52.6 Å². The minimum Gasteiger partial charge on any atom is -0.462 e. The van der Waals surface area contributed by atoms with Crippen LogP contribution in [0.4, 0.5) is 0 Å². The van der Waals surface area contributed by atoms with Crippen LogP contribution in [0.1, 0.15) is 26.2 Å². The maximum absolute atomic E-state index is 12.4. The molecule has 3 fully saturated rings. The fraction of sp³-hybridized carbons (Fsp3) is 0.684. The molecule has 3 saturated carbocycles. The van der Waals surface area contributed by atoms with Crippen molar-refractivity contribution in [3.8, 4) is 0 Å². The number of allylic oxidation sites excluding steroid dienone is 2. The molecule has 0 radical (unpaired) electrons. The van der Waals surface area contributed by atoms with Crippen molar-refractivity contribution in [1.82, 2.24) is 0 Å². The van der Waals surface area contributed by atoms with E-state index >= 15 is 0 Å². The van der Waals surface area contributed by atoms with Crippen molar-refractivity contribution in [2.24, 2.45) is 41.4 Å². The van der Waals surface area contributed by atoms with Gasteiger partial charge in [0, 0.05) is 5.57 Å². The Labute approximate surface area is 136 Å². The fourth-order valence-electron chi connectivity index (χ4n) is 5.79. The fourth-order valence-corrected chi connectivity index (χ4v) is 5.79. The number of ether oxygens (including phenoxy) is 2. The lowest BCUT2D eigenvalue weighted by Gasteiger charge is -2.35. The molecule has 0 aromatic rings. The zero-order chi connectivity index (χ0) is 16.1. The van der Waals surface area contributed by atoms with Crippen LogP contribution in [0.5, 0.6) is 0 Å². The molecule has 4 aliphatic carbocycles. The van der Waals surface area contributed by atoms with Crippen LogP contribution in [0.15, 0.2) is 24.3 Å². The predicted molar refractivity (Wildman–Crippen MR) is 84.2 cm³/mol. The van der Waals surface area contributed by atoms with Crippen LogP contribution in [0.3, 0.4) is 0 Å². The van der Waals surface area contributed by atoms with Gasteiger partial charge < -0.3 is 9.47 Å². The summed E-state index contributed by atoms with van der Waals surface area (Å²) in [7, 11) is 0. The summed E-state index contributed by atoms with van der Waals surface area (Å²) in [6.07, 6.45) is 8.30. The third-order valence-electron chi connectivity index (χ3n) is 6.48. The first-order chi connectivity index (χ1) is 11.1. The Morgan fingerprint density at radius 1 is 1.04 bits per heavy atom. The summed E-state index contributed by atoms with van der Waals surface area (Å²) in [5.41, 5.74) is 0.361. The monoisotopic (exact) mass is 316 g/mol. The highest BCUT2D eigenvalue weighted by molar-refractivity contribution is 5.86. The van der Waals surface area contributed by atoms with Gasteiger partial charge in [0.15, 0.2) is 0 Å². The van der Waals surface area contributed by atoms with Crippen LogP contribution in [0, 0.1) is 41.4 Å². The maximum atomic E-state index is 12.4. The quantitative estimate of drug-likeness (QED) is 0.257. The minimum absolute atomic E-state index is 0.0610. The molecule has 4 bridgehead atoms. The highest BCUT2D eigenvalue weighted by Gasteiger charge is 2.62. The van der Waals surface area contributed by atoms with Crippen LogP contribution < -0.4 is 0 Å². The second kappa shape index (κ2) is 5.50. The zero-order valence-corrected chi connectivity index (χ0v) is 13.6. The van der Waals surface area contributed by atoms with Gasteiger partial charge >= 0.3 is 11.9 Å². The van der Waals surface area contributed by atoms with E-state index < -0.39 is 5.97 Å². The number of rotatable bonds is 5. The highest BCUT2D eigenvalue weighted by Crippen LogP contribution is 2.67. The molecule has 0 spiro atoms. The van der Waals surface area contributed by atoms with Crippen molar-refractivity contribution < 1.29 is 19.1 Å². The number of hydrogen-bond acceptors (Lipinski definition) is 4. The lowest BCUT2D eigenvalue weighted by molar-refractivity contribution is -0.156. The number of hydrogen-bond donors (Lipinski definition) is 0. The Hall–Kier alpha value is -1.58. The number of carbonyl (C=O) groups excluding carboxylic acids is 2. The largest absolute Gasteiger partial charge is 0.462 e. The van der Waals surface area contributed by atoms with E-state index in [0.29, 0.717) is 29.2 Å². The number of carbonyl (C=O) groups is 2. The molecule has 4 aliphatic rings. The molecule has 7 atom stereocenters. The van der Waals surface area contributed by atoms with Crippen molar-refractivity contribution in [1.29, 1.82) is 0 Å². The van der Waals surface area contributed by atoms with Gasteiger partial charge in [-0.05, 0) is 61.7 Å². The molecule has 4 heteroatoms. The van der Waals surface area contributed by atoms with E-state index in [1.54, 1.807) is 6.92 Å². The maximum Gasteiger partial charge on any atom is 0.333 e. The van der Waals surface area contributed by atoms with E-state index in [0.717, 1.165) is 18.3 Å². The van der Waals surface area contributed by atoms with E-state index in [1.807, 2.05) is 0 Å². The van der Waals surface area contributed by atoms with Gasteiger partial charge in [-0.3, -0.25) is 4.79 Å². The number of esters is 2. The summed E-state index contributed by atoms with van der Waals surface area (Å²) in [6.45, 7) is 5.37. The van der Waals surface area contributed by atoms with E-state index in [2.05, 4.69) is 18.7 Å². The third kappa shape index (κ3) is 2.34. The molecule has 0 aliphatic heterocycles. The van der Waals surface area contributed by atoms with E-state index in [-0.39, 0.29) is 25.1 Å². The van der Waals surface area contributed by atoms with Crippen LogP contribution in [-0.4, -0.2) is 25.2 Å². The molecule has 4 rings (SSSR count). The summed E-state index contributed by atoms with van der Waals surface area (Å²) < 4.78 is 10.3. The SMILES string of the molecule is C=C(C)C(=O)OCCOC(=O)C1CC2CC1C1C3C=CC(C3)C21. The summed E-state index contributed by atoms with van der Waals surface area (Å²) in [6, 6.07) is 0. The van der Waals surface area contributed by atoms with Gasteiger partial charge in [0.1, 0.15) is 13.2 Å². The van der Waals surface area contributed by atoms with Gasteiger partial charge in [-0.25, -0.2) is 4.79 Å². The Balaban J connectivity index is 1.29. The molecular weight excluding hydrogens is 292 g/mol. The van der Waals surface area contributed by atoms with Gasteiger partial charge in [-0.1, -0.05) is 18.7 Å². The first-order valence-corrected chi connectivity index (χ1v) is 8.74. The standard InChI is InChI=1S/C19H24O4/c1-10(2)18(20)22-5-6-23-19(21)15-9-13-8-14(15)17-12-4-3-11(7-12)16(13)17/h3-4,11-17H,1,5-9H2,2H3. The second-order valence-electron chi connectivity index (χ2n) is 7.69. The summed E-state index contributed by atoms with van der Waals surface area (Å²) in [5, 5.41) is 0. The van der Waals surface area contributed by atoms with Crippen LogP contribution in [-0.2, 0) is 19.1 Å². The molecule has 0 N–H and O–H groups in total. The van der Waals surface area contributed by atoms with Crippen molar-refractivity contribution >= 4 is 11.9 Å². The molecule has 0 heterocycles. The average Bonchev–Trinajstić information content (AvgIpc) is 3.28. The van der Waals surface area contributed by atoms with E-state index in [4.69, 9.17) is 9.47 Å². The normalized spacial score (nSPS) is 41.9. The molecule has 0 aromatic carbocycles. The molecule has 23 heavy (non-hydrogen) atoms. The van der Waals surface area contributed by atoms with Crippen molar-refractivity contribution in [3.63, 3.8) is 0 Å². The molecule has 4 nitrogen and oxygen atoms in total. The smallest absolute Gasteiger partial charge is 0.333 e. The Morgan fingerprint density at radius 3 is 2.48 bits per heavy atom. The van der Waals surface area contributed by atoms with E-state index in [9.17, 15) is 9.59 Å². The number of fused-ring (bicyclic) bond motifs is 9. The molecule has 124 valence electrons. The van der Waals surface area contributed by atoms with Gasteiger partial charge in [-0.15, -0.1) is 0 Å². The Bertz CT molecular complexity index is 578. The molecule has 7 unspecified atom stereocenters. The molecule has 0 amide bonds. The molecule has 0 saturated heterocycles. The first kappa shape index (κ1) is 15.0. The minimum atomic E-state index is -0.433. The van der Waals surface area contributed by atoms with Gasteiger partial charge in [-0.2, -0.15) is 0 Å². The summed E-state index contributed by atoms with van der Waals surface area (Å²) in [4.78, 5) is 23.7. The average molecular weight is 316 g/mol. The van der Waals surface area contributed by atoms with Gasteiger partial charge in [0.25, 0.3) is 0 Å². The Morgan fingerprint density at radius 2 is 1.74 bits per heavy atom. The molecular formula is C19H24O4. The van der Waals surface area contributed by atoms with Gasteiger partial charge in [0.05, 0.1) is 5.92 Å². The van der Waals surface area contributed by atoms with Crippen molar-refractivity contribution in [2.75, 3.05) is 13.2 Å². The Kier molecular flexibility index (Phi) is 3.58. The molecule has 0 aromatic heterocycles.